The maximum Gasteiger partial charge on any atom is 0.519 e. The summed E-state index contributed by atoms with van der Waals surface area (Å²) in [6.07, 6.45) is 0.377. The molecule has 0 aliphatic rings. The normalized spacial score (nSPS) is 9.39. The van der Waals surface area contributed by atoms with E-state index in [-0.39, 0.29) is 11.5 Å². The number of ether oxygens (including phenoxy) is 2. The molecule has 0 aromatic heterocycles. The summed E-state index contributed by atoms with van der Waals surface area (Å²) in [5.41, 5.74) is 1.40. The monoisotopic (exact) mass is 314 g/mol. The summed E-state index contributed by atoms with van der Waals surface area (Å²) in [4.78, 5) is 23.1. The smallest absolute Gasteiger partial charge is 0.395 e. The number of benzene rings is 2. The highest BCUT2D eigenvalue weighted by Gasteiger charge is 2.13. The molecule has 0 saturated heterocycles. The van der Waals surface area contributed by atoms with Crippen LogP contribution in [0.2, 0.25) is 0 Å². The van der Waals surface area contributed by atoms with E-state index in [1.54, 1.807) is 36.4 Å². The van der Waals surface area contributed by atoms with Gasteiger partial charge in [0.25, 0.3) is 0 Å². The van der Waals surface area contributed by atoms with Crippen molar-refractivity contribution in [2.45, 2.75) is 34.1 Å². The Morgan fingerprint density at radius 3 is 2.04 bits per heavy atom. The van der Waals surface area contributed by atoms with E-state index in [1.807, 2.05) is 19.1 Å². The number of hydrogen-bond acceptors (Lipinski definition) is 4. The molecule has 2 rings (SSSR count). The molecule has 0 amide bonds. The highest BCUT2D eigenvalue weighted by Crippen LogP contribution is 2.20. The molecule has 2 aromatic rings. The zero-order chi connectivity index (χ0) is 17.2. The second-order valence-electron chi connectivity index (χ2n) is 5.03. The van der Waals surface area contributed by atoms with Crippen molar-refractivity contribution in [3.8, 4) is 11.5 Å². The van der Waals surface area contributed by atoms with Crippen LogP contribution in [0.1, 0.15) is 43.1 Å². The van der Waals surface area contributed by atoms with Crippen LogP contribution in [0.15, 0.2) is 48.5 Å². The number of rotatable bonds is 3. The van der Waals surface area contributed by atoms with Crippen molar-refractivity contribution in [1.82, 2.24) is 0 Å². The molecule has 4 nitrogen and oxygen atoms in total. The summed E-state index contributed by atoms with van der Waals surface area (Å²) in [6.45, 7) is 7.60. The van der Waals surface area contributed by atoms with E-state index in [0.717, 1.165) is 5.56 Å². The summed E-state index contributed by atoms with van der Waals surface area (Å²) < 4.78 is 10.1. The first-order valence-corrected chi connectivity index (χ1v) is 7.54. The maximum absolute atomic E-state index is 11.7. The number of carbonyl (C=O) groups excluding carboxylic acids is 2. The van der Waals surface area contributed by atoms with Gasteiger partial charge in [-0.05, 0) is 38.1 Å². The van der Waals surface area contributed by atoms with E-state index in [9.17, 15) is 9.59 Å². The highest BCUT2D eigenvalue weighted by atomic mass is 16.7. The van der Waals surface area contributed by atoms with Gasteiger partial charge in [0.1, 0.15) is 11.5 Å². The molecule has 0 heterocycles. The van der Waals surface area contributed by atoms with Crippen LogP contribution >= 0.6 is 0 Å². The first-order valence-electron chi connectivity index (χ1n) is 7.54. The fourth-order valence-corrected chi connectivity index (χ4v) is 1.66. The minimum Gasteiger partial charge on any atom is -0.395 e. The third-order valence-corrected chi connectivity index (χ3v) is 2.68. The summed E-state index contributed by atoms with van der Waals surface area (Å²) in [5, 5.41) is 0. The molecule has 0 radical (unpaired) electrons. The number of hydrogen-bond donors (Lipinski definition) is 0. The molecule has 4 heteroatoms. The topological polar surface area (TPSA) is 52.6 Å². The van der Waals surface area contributed by atoms with Gasteiger partial charge in [0.15, 0.2) is 5.78 Å². The minimum atomic E-state index is -0.873. The predicted molar refractivity (Wildman–Crippen MR) is 90.2 cm³/mol. The average molecular weight is 314 g/mol. The van der Waals surface area contributed by atoms with Gasteiger partial charge in [-0.15, -0.1) is 0 Å². The third kappa shape index (κ3) is 6.34. The Labute approximate surface area is 137 Å². The maximum atomic E-state index is 11.7. The van der Waals surface area contributed by atoms with Crippen molar-refractivity contribution in [2.24, 2.45) is 0 Å². The van der Waals surface area contributed by atoms with Crippen LogP contribution in [0.5, 0.6) is 11.5 Å². The van der Waals surface area contributed by atoms with Gasteiger partial charge in [0.05, 0.1) is 5.56 Å². The molecule has 0 saturated carbocycles. The van der Waals surface area contributed by atoms with Gasteiger partial charge >= 0.3 is 6.16 Å². The Morgan fingerprint density at radius 1 is 0.913 bits per heavy atom. The van der Waals surface area contributed by atoms with Crippen LogP contribution in [0.3, 0.4) is 0 Å². The highest BCUT2D eigenvalue weighted by molar-refractivity contribution is 5.97. The zero-order valence-corrected chi connectivity index (χ0v) is 14.0. The Balaban J connectivity index is 0.000000816. The molecule has 0 spiro atoms. The van der Waals surface area contributed by atoms with Crippen molar-refractivity contribution in [3.63, 3.8) is 0 Å². The van der Waals surface area contributed by atoms with E-state index in [0.29, 0.717) is 11.3 Å². The Morgan fingerprint density at radius 2 is 1.48 bits per heavy atom. The molecule has 0 fully saturated rings. The molecular weight excluding hydrogens is 292 g/mol. The molecule has 23 heavy (non-hydrogen) atoms. The van der Waals surface area contributed by atoms with Crippen molar-refractivity contribution < 1.29 is 19.1 Å². The predicted octanol–water partition coefficient (Wildman–Crippen LogP) is 5.19. The van der Waals surface area contributed by atoms with Crippen LogP contribution < -0.4 is 9.47 Å². The summed E-state index contributed by atoms with van der Waals surface area (Å²) in [6, 6.07) is 13.5. The quantitative estimate of drug-likeness (QED) is 0.444. The van der Waals surface area contributed by atoms with Crippen molar-refractivity contribution in [3.05, 3.63) is 59.7 Å². The lowest BCUT2D eigenvalue weighted by Crippen LogP contribution is -2.15. The number of ketones is 1. The lowest BCUT2D eigenvalue weighted by Gasteiger charge is -2.08. The fraction of sp³-hybridized carbons (Fsp3) is 0.263. The lowest BCUT2D eigenvalue weighted by molar-refractivity contribution is 0.101. The Hall–Kier alpha value is -2.62. The first kappa shape index (κ1) is 18.4. The van der Waals surface area contributed by atoms with Crippen LogP contribution in [0.4, 0.5) is 4.79 Å². The zero-order valence-electron chi connectivity index (χ0n) is 14.0. The van der Waals surface area contributed by atoms with Crippen LogP contribution in [-0.4, -0.2) is 11.9 Å². The summed E-state index contributed by atoms with van der Waals surface area (Å²) in [7, 11) is 0. The number of Topliss-reactive ketones (excluding diaryl/α,β-unsaturated/α-hetero) is 1. The second kappa shape index (κ2) is 9.41. The molecule has 0 bridgehead atoms. The van der Waals surface area contributed by atoms with Gasteiger partial charge in [-0.25, -0.2) is 4.79 Å². The standard InChI is InChI=1S/C16H14O4.C3H8/c1-11-7-9-13(10-8-11)19-16(18)20-15-6-4-3-5-14(15)12(2)17;1-3-2/h3-10H,1-2H3;3H2,1-2H3. The van der Waals surface area contributed by atoms with E-state index < -0.39 is 6.16 Å². The summed E-state index contributed by atoms with van der Waals surface area (Å²) >= 11 is 0. The van der Waals surface area contributed by atoms with E-state index >= 15 is 0 Å². The fourth-order valence-electron chi connectivity index (χ4n) is 1.66. The van der Waals surface area contributed by atoms with Crippen molar-refractivity contribution in [2.75, 3.05) is 0 Å². The van der Waals surface area contributed by atoms with Gasteiger partial charge in [-0.3, -0.25) is 4.79 Å². The summed E-state index contributed by atoms with van der Waals surface area (Å²) in [5.74, 6) is 0.404. The number of para-hydroxylation sites is 1. The Kier molecular flexibility index (Phi) is 7.54. The van der Waals surface area contributed by atoms with Crippen molar-refractivity contribution in [1.29, 1.82) is 0 Å². The number of carbonyl (C=O) groups is 2. The minimum absolute atomic E-state index is 0.177. The van der Waals surface area contributed by atoms with Crippen LogP contribution in [0.25, 0.3) is 0 Å². The lowest BCUT2D eigenvalue weighted by atomic mass is 10.1. The van der Waals surface area contributed by atoms with Crippen molar-refractivity contribution >= 4 is 11.9 Å². The first-order chi connectivity index (χ1) is 11.0. The Bertz CT molecular complexity index is 645. The third-order valence-electron chi connectivity index (χ3n) is 2.68. The van der Waals surface area contributed by atoms with Crippen LogP contribution in [-0.2, 0) is 0 Å². The van der Waals surface area contributed by atoms with Gasteiger partial charge in [-0.2, -0.15) is 0 Å². The molecule has 0 aliphatic heterocycles. The number of aryl methyl sites for hydroxylation is 1. The molecule has 0 unspecified atom stereocenters. The van der Waals surface area contributed by atoms with Gasteiger partial charge in [0, 0.05) is 0 Å². The molecule has 2 aromatic carbocycles. The molecular formula is C19H22O4. The van der Waals surface area contributed by atoms with E-state index in [1.165, 1.54) is 13.3 Å². The molecule has 0 atom stereocenters. The second-order valence-corrected chi connectivity index (χ2v) is 5.03. The molecule has 0 aliphatic carbocycles. The van der Waals surface area contributed by atoms with E-state index in [2.05, 4.69) is 13.8 Å². The largest absolute Gasteiger partial charge is 0.519 e. The molecule has 0 N–H and O–H groups in total. The average Bonchev–Trinajstić information content (AvgIpc) is 2.50. The SMILES string of the molecule is CC(=O)c1ccccc1OC(=O)Oc1ccc(C)cc1.CCC. The van der Waals surface area contributed by atoms with Gasteiger partial charge < -0.3 is 9.47 Å². The van der Waals surface area contributed by atoms with Gasteiger partial charge in [-0.1, -0.05) is 50.1 Å². The van der Waals surface area contributed by atoms with Gasteiger partial charge in [0.2, 0.25) is 0 Å². The van der Waals surface area contributed by atoms with E-state index in [4.69, 9.17) is 9.47 Å². The van der Waals surface area contributed by atoms with Crippen LogP contribution in [0, 0.1) is 6.92 Å². The molecule has 122 valence electrons.